The highest BCUT2D eigenvalue weighted by molar-refractivity contribution is 7.99. The van der Waals surface area contributed by atoms with Crippen LogP contribution in [0.1, 0.15) is 32.3 Å². The zero-order chi connectivity index (χ0) is 20.8. The van der Waals surface area contributed by atoms with Crippen LogP contribution in [0.2, 0.25) is 5.02 Å². The maximum absolute atomic E-state index is 13.1. The number of rotatable bonds is 10. The number of fused-ring (bicyclic) bond motifs is 1. The third-order valence-corrected chi connectivity index (χ3v) is 5.76. The third kappa shape index (κ3) is 6.07. The van der Waals surface area contributed by atoms with Crippen molar-refractivity contribution in [1.29, 1.82) is 0 Å². The largest absolute Gasteiger partial charge is 0.379 e. The van der Waals surface area contributed by atoms with E-state index in [1.54, 1.807) is 34.5 Å². The van der Waals surface area contributed by atoms with E-state index in [0.29, 0.717) is 29.1 Å². The first-order valence-corrected chi connectivity index (χ1v) is 11.2. The molecular formula is C21H27ClN4O2S. The maximum Gasteiger partial charge on any atom is 0.262 e. The van der Waals surface area contributed by atoms with Gasteiger partial charge in [-0.25, -0.2) is 4.98 Å². The monoisotopic (exact) mass is 434 g/mol. The van der Waals surface area contributed by atoms with Gasteiger partial charge in [0, 0.05) is 37.2 Å². The third-order valence-electron chi connectivity index (χ3n) is 4.46. The Kier molecular flexibility index (Phi) is 7.75. The second-order valence-corrected chi connectivity index (χ2v) is 8.76. The van der Waals surface area contributed by atoms with Crippen molar-refractivity contribution in [1.82, 2.24) is 19.3 Å². The van der Waals surface area contributed by atoms with Gasteiger partial charge in [0.1, 0.15) is 0 Å². The van der Waals surface area contributed by atoms with E-state index in [9.17, 15) is 4.79 Å². The van der Waals surface area contributed by atoms with Crippen LogP contribution in [-0.2, 0) is 24.8 Å². The fraction of sp³-hybridized carbons (Fsp3) is 0.476. The fourth-order valence-corrected chi connectivity index (χ4v) is 4.19. The van der Waals surface area contributed by atoms with Gasteiger partial charge in [-0.15, -0.1) is 0 Å². The molecule has 29 heavy (non-hydrogen) atoms. The Morgan fingerprint density at radius 3 is 2.83 bits per heavy atom. The van der Waals surface area contributed by atoms with Gasteiger partial charge in [0.15, 0.2) is 5.16 Å². The number of aryl methyl sites for hydroxylation is 2. The van der Waals surface area contributed by atoms with Crippen LogP contribution in [0.3, 0.4) is 0 Å². The standard InChI is InChI=1S/C21H27ClN4O2S/c1-15(2)28-10-5-9-26-20(27)18-8-7-17(22)12-19(18)24-21(26)29-11-4-6-16-13-23-25(3)14-16/h7-8,12-15H,4-6,9-11H2,1-3H3. The normalized spacial score (nSPS) is 11.6. The molecule has 2 aromatic heterocycles. The lowest BCUT2D eigenvalue weighted by atomic mass is 10.2. The lowest BCUT2D eigenvalue weighted by Gasteiger charge is -2.14. The lowest BCUT2D eigenvalue weighted by molar-refractivity contribution is 0.0743. The first-order chi connectivity index (χ1) is 13.9. The summed E-state index contributed by atoms with van der Waals surface area (Å²) in [5.74, 6) is 0.871. The summed E-state index contributed by atoms with van der Waals surface area (Å²) in [5, 5.41) is 6.12. The van der Waals surface area contributed by atoms with Crippen LogP contribution in [-0.4, -0.2) is 37.8 Å². The van der Waals surface area contributed by atoms with Crippen LogP contribution >= 0.6 is 23.4 Å². The SMILES string of the molecule is CC(C)OCCCn1c(SCCCc2cnn(C)c2)nc2cc(Cl)ccc2c1=O. The summed E-state index contributed by atoms with van der Waals surface area (Å²) in [7, 11) is 1.92. The summed E-state index contributed by atoms with van der Waals surface area (Å²) in [6.45, 7) is 5.23. The van der Waals surface area contributed by atoms with Crippen LogP contribution < -0.4 is 5.56 Å². The van der Waals surface area contributed by atoms with Crippen LogP contribution in [0.5, 0.6) is 0 Å². The summed E-state index contributed by atoms with van der Waals surface area (Å²) in [5.41, 5.74) is 1.84. The Morgan fingerprint density at radius 2 is 2.10 bits per heavy atom. The quantitative estimate of drug-likeness (QED) is 0.270. The summed E-state index contributed by atoms with van der Waals surface area (Å²) >= 11 is 7.72. The van der Waals surface area contributed by atoms with Gasteiger partial charge in [-0.3, -0.25) is 14.0 Å². The summed E-state index contributed by atoms with van der Waals surface area (Å²) in [4.78, 5) is 17.8. The number of thioether (sulfide) groups is 1. The van der Waals surface area contributed by atoms with Gasteiger partial charge in [-0.1, -0.05) is 23.4 Å². The molecule has 0 bridgehead atoms. The van der Waals surface area contributed by atoms with Crippen molar-refractivity contribution in [2.45, 2.75) is 50.9 Å². The van der Waals surface area contributed by atoms with E-state index in [-0.39, 0.29) is 11.7 Å². The van der Waals surface area contributed by atoms with E-state index in [1.807, 2.05) is 38.0 Å². The van der Waals surface area contributed by atoms with E-state index < -0.39 is 0 Å². The predicted octanol–water partition coefficient (Wildman–Crippen LogP) is 4.32. The molecule has 6 nitrogen and oxygen atoms in total. The van der Waals surface area contributed by atoms with Gasteiger partial charge in [-0.2, -0.15) is 5.10 Å². The molecule has 0 aliphatic heterocycles. The number of nitrogens with zero attached hydrogens (tertiary/aromatic N) is 4. The molecule has 0 N–H and O–H groups in total. The first kappa shape index (κ1) is 21.9. The number of benzene rings is 1. The molecule has 1 aromatic carbocycles. The lowest BCUT2D eigenvalue weighted by Crippen LogP contribution is -2.24. The van der Waals surface area contributed by atoms with Crippen LogP contribution in [0, 0.1) is 0 Å². The van der Waals surface area contributed by atoms with E-state index in [0.717, 1.165) is 30.2 Å². The molecule has 0 radical (unpaired) electrons. The van der Waals surface area contributed by atoms with Crippen molar-refractivity contribution in [3.8, 4) is 0 Å². The van der Waals surface area contributed by atoms with Crippen molar-refractivity contribution in [3.05, 3.63) is 51.5 Å². The molecule has 3 rings (SSSR count). The minimum absolute atomic E-state index is 0.0222. The highest BCUT2D eigenvalue weighted by atomic mass is 35.5. The average Bonchev–Trinajstić information content (AvgIpc) is 3.08. The van der Waals surface area contributed by atoms with E-state index >= 15 is 0 Å². The molecule has 8 heteroatoms. The zero-order valence-electron chi connectivity index (χ0n) is 17.1. The van der Waals surface area contributed by atoms with Gasteiger partial charge >= 0.3 is 0 Å². The second kappa shape index (κ2) is 10.3. The molecule has 0 saturated heterocycles. The molecule has 3 aromatic rings. The Balaban J connectivity index is 1.74. The molecule has 0 atom stereocenters. The van der Waals surface area contributed by atoms with Gasteiger partial charge in [-0.05, 0) is 56.9 Å². The molecular weight excluding hydrogens is 408 g/mol. The highest BCUT2D eigenvalue weighted by Crippen LogP contribution is 2.22. The molecule has 156 valence electrons. The van der Waals surface area contributed by atoms with Gasteiger partial charge in [0.05, 0.1) is 23.2 Å². The van der Waals surface area contributed by atoms with E-state index in [2.05, 4.69) is 5.10 Å². The summed E-state index contributed by atoms with van der Waals surface area (Å²) < 4.78 is 9.21. The molecule has 0 saturated carbocycles. The molecule has 0 fully saturated rings. The van der Waals surface area contributed by atoms with Gasteiger partial charge in [0.2, 0.25) is 0 Å². The number of hydrogen-bond donors (Lipinski definition) is 0. The van der Waals surface area contributed by atoms with Crippen LogP contribution in [0.15, 0.2) is 40.5 Å². The minimum Gasteiger partial charge on any atom is -0.379 e. The van der Waals surface area contributed by atoms with Gasteiger partial charge < -0.3 is 4.74 Å². The molecule has 2 heterocycles. The summed E-state index contributed by atoms with van der Waals surface area (Å²) in [6.07, 6.45) is 6.81. The van der Waals surface area contributed by atoms with E-state index in [4.69, 9.17) is 21.3 Å². The topological polar surface area (TPSA) is 61.9 Å². The molecule has 0 amide bonds. The molecule has 0 spiro atoms. The maximum atomic E-state index is 13.1. The molecule has 0 aliphatic rings. The fourth-order valence-electron chi connectivity index (χ4n) is 3.06. The highest BCUT2D eigenvalue weighted by Gasteiger charge is 2.12. The Morgan fingerprint density at radius 1 is 1.28 bits per heavy atom. The van der Waals surface area contributed by atoms with Crippen molar-refractivity contribution < 1.29 is 4.74 Å². The molecule has 0 unspecified atom stereocenters. The van der Waals surface area contributed by atoms with Crippen LogP contribution in [0.25, 0.3) is 10.9 Å². The number of aromatic nitrogens is 4. The Bertz CT molecular complexity index is 1020. The second-order valence-electron chi connectivity index (χ2n) is 7.26. The van der Waals surface area contributed by atoms with Crippen molar-refractivity contribution in [3.63, 3.8) is 0 Å². The number of ether oxygens (including phenoxy) is 1. The Hall–Kier alpha value is -1.83. The zero-order valence-corrected chi connectivity index (χ0v) is 18.7. The minimum atomic E-state index is -0.0222. The Labute approximate surface area is 180 Å². The van der Waals surface area contributed by atoms with Crippen LogP contribution in [0.4, 0.5) is 0 Å². The summed E-state index contributed by atoms with van der Waals surface area (Å²) in [6, 6.07) is 5.25. The molecule has 0 aliphatic carbocycles. The predicted molar refractivity (Wildman–Crippen MR) is 119 cm³/mol. The smallest absolute Gasteiger partial charge is 0.262 e. The number of halogens is 1. The van der Waals surface area contributed by atoms with Gasteiger partial charge in [0.25, 0.3) is 5.56 Å². The first-order valence-electron chi connectivity index (χ1n) is 9.86. The van der Waals surface area contributed by atoms with Crippen molar-refractivity contribution in [2.24, 2.45) is 7.05 Å². The average molecular weight is 435 g/mol. The van der Waals surface area contributed by atoms with E-state index in [1.165, 1.54) is 5.56 Å². The van der Waals surface area contributed by atoms with Crippen molar-refractivity contribution >= 4 is 34.3 Å². The number of hydrogen-bond acceptors (Lipinski definition) is 5. The van der Waals surface area contributed by atoms with Crippen molar-refractivity contribution in [2.75, 3.05) is 12.4 Å².